The lowest BCUT2D eigenvalue weighted by Crippen LogP contribution is -2.10. The summed E-state index contributed by atoms with van der Waals surface area (Å²) in [4.78, 5) is 7.23. The maximum Gasteiger partial charge on any atom is 0.227 e. The molecule has 270 valence electrons. The standard InChI is InChI=1S/C55H34N2O/c1-2-12-38-32-54-52(29-37(38)11-1)53-33-43(34-56-55(53)58-54)57(41-25-21-35(22-26-41)50-30-39-13-3-5-15-44(39)46-17-7-9-19-48(46)50)42-27-23-36(24-28-42)51-31-40-14-4-6-16-45(40)47-18-8-10-20-49(47)51/h1-34H. The van der Waals surface area contributed by atoms with Crippen LogP contribution in [0.25, 0.3) is 98.2 Å². The van der Waals surface area contributed by atoms with Gasteiger partial charge in [-0.1, -0.05) is 146 Å². The molecule has 0 atom stereocenters. The Morgan fingerprint density at radius 1 is 0.328 bits per heavy atom. The summed E-state index contributed by atoms with van der Waals surface area (Å²) < 4.78 is 6.34. The number of benzene rings is 10. The summed E-state index contributed by atoms with van der Waals surface area (Å²) in [6, 6.07) is 72.3. The van der Waals surface area contributed by atoms with Gasteiger partial charge < -0.3 is 9.32 Å². The smallest absolute Gasteiger partial charge is 0.227 e. The highest BCUT2D eigenvalue weighted by molar-refractivity contribution is 6.15. The van der Waals surface area contributed by atoms with Gasteiger partial charge in [-0.3, -0.25) is 0 Å². The van der Waals surface area contributed by atoms with Gasteiger partial charge in [-0.15, -0.1) is 0 Å². The van der Waals surface area contributed by atoms with Crippen molar-refractivity contribution in [2.24, 2.45) is 0 Å². The van der Waals surface area contributed by atoms with E-state index >= 15 is 0 Å². The lowest BCUT2D eigenvalue weighted by Gasteiger charge is -2.26. The van der Waals surface area contributed by atoms with Gasteiger partial charge in [-0.2, -0.15) is 0 Å². The van der Waals surface area contributed by atoms with Crippen molar-refractivity contribution in [3.63, 3.8) is 0 Å². The Morgan fingerprint density at radius 2 is 0.776 bits per heavy atom. The minimum absolute atomic E-state index is 0.631. The highest BCUT2D eigenvalue weighted by Crippen LogP contribution is 2.42. The Balaban J connectivity index is 1.02. The Kier molecular flexibility index (Phi) is 7.23. The van der Waals surface area contributed by atoms with Crippen LogP contribution in [0.5, 0.6) is 0 Å². The summed E-state index contributed by atoms with van der Waals surface area (Å²) in [5.41, 5.74) is 9.29. The van der Waals surface area contributed by atoms with Gasteiger partial charge in [0.2, 0.25) is 5.71 Å². The second-order valence-corrected chi connectivity index (χ2v) is 15.2. The molecule has 0 aliphatic carbocycles. The third-order valence-electron chi connectivity index (χ3n) is 11.8. The van der Waals surface area contributed by atoms with Crippen LogP contribution >= 0.6 is 0 Å². The molecular formula is C55H34N2O. The Bertz CT molecular complexity index is 3400. The average Bonchev–Trinajstić information content (AvgIpc) is 3.65. The molecular weight excluding hydrogens is 705 g/mol. The average molecular weight is 739 g/mol. The summed E-state index contributed by atoms with van der Waals surface area (Å²) in [6.45, 7) is 0. The summed E-state index contributed by atoms with van der Waals surface area (Å²) in [5.74, 6) is 0. The molecule has 0 aliphatic rings. The van der Waals surface area contributed by atoms with E-state index in [-0.39, 0.29) is 0 Å². The summed E-state index contributed by atoms with van der Waals surface area (Å²) >= 11 is 0. The van der Waals surface area contributed by atoms with Crippen molar-refractivity contribution >= 4 is 93.0 Å². The number of furan rings is 1. The number of anilines is 3. The summed E-state index contributed by atoms with van der Waals surface area (Å²) in [5, 5.41) is 14.4. The van der Waals surface area contributed by atoms with Crippen molar-refractivity contribution in [2.75, 3.05) is 4.90 Å². The zero-order valence-corrected chi connectivity index (χ0v) is 31.4. The van der Waals surface area contributed by atoms with Gasteiger partial charge in [0.15, 0.2) is 0 Å². The van der Waals surface area contributed by atoms with E-state index in [2.05, 4.69) is 205 Å². The first kappa shape index (κ1) is 32.5. The van der Waals surface area contributed by atoms with Crippen molar-refractivity contribution < 1.29 is 4.42 Å². The van der Waals surface area contributed by atoms with E-state index in [1.807, 2.05) is 6.20 Å². The molecule has 2 heterocycles. The van der Waals surface area contributed by atoms with Crippen molar-refractivity contribution in [1.29, 1.82) is 0 Å². The zero-order valence-electron chi connectivity index (χ0n) is 31.4. The van der Waals surface area contributed by atoms with Crippen LogP contribution in [0.2, 0.25) is 0 Å². The van der Waals surface area contributed by atoms with E-state index in [0.717, 1.165) is 38.8 Å². The largest absolute Gasteiger partial charge is 0.438 e. The molecule has 0 unspecified atom stereocenters. The van der Waals surface area contributed by atoms with Crippen LogP contribution in [0, 0.1) is 0 Å². The third-order valence-corrected chi connectivity index (χ3v) is 11.8. The molecule has 0 saturated heterocycles. The van der Waals surface area contributed by atoms with Gasteiger partial charge in [-0.05, 0) is 131 Å². The maximum atomic E-state index is 6.34. The first-order valence-corrected chi connectivity index (χ1v) is 19.8. The highest BCUT2D eigenvalue weighted by Gasteiger charge is 2.19. The Hall–Kier alpha value is -7.75. The fraction of sp³-hybridized carbons (Fsp3) is 0. The first-order chi connectivity index (χ1) is 28.7. The van der Waals surface area contributed by atoms with E-state index in [0.29, 0.717) is 5.71 Å². The van der Waals surface area contributed by atoms with Gasteiger partial charge in [-0.25, -0.2) is 4.98 Å². The molecule has 2 aromatic heterocycles. The number of hydrogen-bond donors (Lipinski definition) is 0. The minimum atomic E-state index is 0.631. The molecule has 0 N–H and O–H groups in total. The van der Waals surface area contributed by atoms with Gasteiger partial charge in [0.05, 0.1) is 17.3 Å². The predicted octanol–water partition coefficient (Wildman–Crippen LogP) is 15.6. The lowest BCUT2D eigenvalue weighted by atomic mass is 9.93. The van der Waals surface area contributed by atoms with E-state index < -0.39 is 0 Å². The molecule has 10 aromatic carbocycles. The maximum absolute atomic E-state index is 6.34. The molecule has 58 heavy (non-hydrogen) atoms. The van der Waals surface area contributed by atoms with Crippen LogP contribution in [0.3, 0.4) is 0 Å². The van der Waals surface area contributed by atoms with Crippen LogP contribution in [-0.2, 0) is 0 Å². The monoisotopic (exact) mass is 738 g/mol. The number of nitrogens with zero attached hydrogens (tertiary/aromatic N) is 2. The van der Waals surface area contributed by atoms with Crippen LogP contribution in [0.4, 0.5) is 17.1 Å². The van der Waals surface area contributed by atoms with E-state index in [4.69, 9.17) is 9.40 Å². The predicted molar refractivity (Wildman–Crippen MR) is 245 cm³/mol. The zero-order chi connectivity index (χ0) is 38.2. The van der Waals surface area contributed by atoms with Crippen molar-refractivity contribution in [3.8, 4) is 22.3 Å². The quantitative estimate of drug-likeness (QED) is 0.165. The van der Waals surface area contributed by atoms with Crippen molar-refractivity contribution in [3.05, 3.63) is 206 Å². The minimum Gasteiger partial charge on any atom is -0.438 e. The SMILES string of the molecule is c1ccc2cc3c(cc2c1)oc1ncc(N(c2ccc(-c4cc5ccccc5c5ccccc45)cc2)c2ccc(-c4cc5ccccc5c5ccccc45)cc2)cc13. The topological polar surface area (TPSA) is 29.3 Å². The molecule has 0 aliphatic heterocycles. The molecule has 3 heteroatoms. The Labute approximate surface area is 334 Å². The number of fused-ring (bicyclic) bond motifs is 10. The fourth-order valence-corrected chi connectivity index (χ4v) is 9.07. The third kappa shape index (κ3) is 5.18. The van der Waals surface area contributed by atoms with E-state index in [1.165, 1.54) is 70.7 Å². The second kappa shape index (κ2) is 12.9. The molecule has 3 nitrogen and oxygen atoms in total. The molecule has 12 rings (SSSR count). The van der Waals surface area contributed by atoms with Crippen LogP contribution < -0.4 is 4.90 Å². The number of rotatable bonds is 5. The van der Waals surface area contributed by atoms with Gasteiger partial charge in [0.1, 0.15) is 5.58 Å². The second-order valence-electron chi connectivity index (χ2n) is 15.2. The van der Waals surface area contributed by atoms with Crippen LogP contribution in [-0.4, -0.2) is 4.98 Å². The lowest BCUT2D eigenvalue weighted by molar-refractivity contribution is 0.654. The number of aromatic nitrogens is 1. The number of pyridine rings is 1. The van der Waals surface area contributed by atoms with E-state index in [1.54, 1.807) is 0 Å². The molecule has 0 bridgehead atoms. The summed E-state index contributed by atoms with van der Waals surface area (Å²) in [6.07, 6.45) is 1.93. The van der Waals surface area contributed by atoms with Crippen LogP contribution in [0.15, 0.2) is 211 Å². The fourth-order valence-electron chi connectivity index (χ4n) is 9.07. The molecule has 0 spiro atoms. The van der Waals surface area contributed by atoms with Crippen molar-refractivity contribution in [1.82, 2.24) is 4.98 Å². The van der Waals surface area contributed by atoms with Gasteiger partial charge in [0.25, 0.3) is 0 Å². The van der Waals surface area contributed by atoms with Crippen LogP contribution in [0.1, 0.15) is 0 Å². The molecule has 0 fully saturated rings. The first-order valence-electron chi connectivity index (χ1n) is 19.8. The molecule has 0 amide bonds. The molecule has 12 aromatic rings. The number of hydrogen-bond acceptors (Lipinski definition) is 3. The van der Waals surface area contributed by atoms with Gasteiger partial charge in [0, 0.05) is 16.8 Å². The van der Waals surface area contributed by atoms with Gasteiger partial charge >= 0.3 is 0 Å². The molecule has 0 radical (unpaired) electrons. The highest BCUT2D eigenvalue weighted by atomic mass is 16.3. The Morgan fingerprint density at radius 3 is 1.31 bits per heavy atom. The van der Waals surface area contributed by atoms with E-state index in [9.17, 15) is 0 Å². The molecule has 0 saturated carbocycles. The summed E-state index contributed by atoms with van der Waals surface area (Å²) in [7, 11) is 0. The van der Waals surface area contributed by atoms with Crippen molar-refractivity contribution in [2.45, 2.75) is 0 Å². The normalized spacial score (nSPS) is 11.8.